The highest BCUT2D eigenvalue weighted by atomic mass is 16.4. The lowest BCUT2D eigenvalue weighted by Crippen LogP contribution is -2.48. The Kier molecular flexibility index (Phi) is 4.02. The Morgan fingerprint density at radius 1 is 1.52 bits per heavy atom. The second-order valence-electron chi connectivity index (χ2n) is 6.10. The van der Waals surface area contributed by atoms with Crippen LogP contribution in [0.4, 0.5) is 16.4 Å². The number of imidazole rings is 1. The second kappa shape index (κ2) is 5.98. The summed E-state index contributed by atoms with van der Waals surface area (Å²) in [7, 11) is 1.99. The Bertz CT molecular complexity index is 740. The number of carbonyl (C=O) groups is 1. The number of nitrogens with zero attached hydrogens (tertiary/aromatic N) is 3. The molecule has 0 aliphatic carbocycles. The quantitative estimate of drug-likeness (QED) is 0.752. The van der Waals surface area contributed by atoms with Gasteiger partial charge < -0.3 is 25.6 Å². The molecule has 0 bridgehead atoms. The van der Waals surface area contributed by atoms with Crippen LogP contribution in [0.2, 0.25) is 0 Å². The zero-order valence-electron chi connectivity index (χ0n) is 13.5. The van der Waals surface area contributed by atoms with Crippen molar-refractivity contribution in [2.24, 2.45) is 7.05 Å². The van der Waals surface area contributed by atoms with E-state index in [4.69, 9.17) is 15.8 Å². The lowest BCUT2D eigenvalue weighted by molar-refractivity contribution is 0.188. The number of aryl methyl sites for hydroxylation is 2. The number of nitrogens with two attached hydrogens (primary N) is 1. The molecule has 124 valence electrons. The number of fused-ring (bicyclic) bond motifs is 1. The van der Waals surface area contributed by atoms with Gasteiger partial charge in [-0.25, -0.2) is 9.78 Å². The summed E-state index contributed by atoms with van der Waals surface area (Å²) in [4.78, 5) is 17.7. The van der Waals surface area contributed by atoms with Crippen molar-refractivity contribution >= 4 is 28.8 Å². The molecule has 4 N–H and O–H groups in total. The van der Waals surface area contributed by atoms with E-state index in [0.717, 1.165) is 54.0 Å². The van der Waals surface area contributed by atoms with Crippen LogP contribution in [-0.2, 0) is 13.5 Å². The summed E-state index contributed by atoms with van der Waals surface area (Å²) in [6.07, 6.45) is 1.72. The van der Waals surface area contributed by atoms with E-state index in [0.29, 0.717) is 6.54 Å². The molecule has 1 fully saturated rings. The number of piperidine rings is 1. The van der Waals surface area contributed by atoms with Crippen molar-refractivity contribution < 1.29 is 9.90 Å². The lowest BCUT2D eigenvalue weighted by atomic mass is 10.1. The summed E-state index contributed by atoms with van der Waals surface area (Å²) < 4.78 is 2.07. The average molecular weight is 317 g/mol. The molecule has 1 aromatic heterocycles. The number of amides is 1. The fourth-order valence-corrected chi connectivity index (χ4v) is 3.33. The summed E-state index contributed by atoms with van der Waals surface area (Å²) >= 11 is 0. The predicted octanol–water partition coefficient (Wildman–Crippen LogP) is 1.95. The monoisotopic (exact) mass is 317 g/mol. The van der Waals surface area contributed by atoms with Gasteiger partial charge in [-0.3, -0.25) is 0 Å². The number of benzene rings is 1. The molecule has 7 nitrogen and oxygen atoms in total. The molecule has 1 amide bonds. The molecule has 3 rings (SSSR count). The van der Waals surface area contributed by atoms with Crippen LogP contribution in [0, 0.1) is 0 Å². The molecule has 23 heavy (non-hydrogen) atoms. The van der Waals surface area contributed by atoms with Crippen molar-refractivity contribution in [2.75, 3.05) is 23.7 Å². The second-order valence-corrected chi connectivity index (χ2v) is 6.10. The SMILES string of the molecule is CCc1cc2c(cc1N)nc(N1CCCC(NC(=O)O)C1)n2C. The van der Waals surface area contributed by atoms with E-state index in [9.17, 15) is 4.79 Å². The number of rotatable bonds is 3. The molecular weight excluding hydrogens is 294 g/mol. The molecule has 0 saturated carbocycles. The summed E-state index contributed by atoms with van der Waals surface area (Å²) in [5.74, 6) is 0.865. The first kappa shape index (κ1) is 15.5. The van der Waals surface area contributed by atoms with Crippen LogP contribution in [0.15, 0.2) is 12.1 Å². The van der Waals surface area contributed by atoms with Crippen LogP contribution >= 0.6 is 0 Å². The van der Waals surface area contributed by atoms with E-state index in [1.807, 2.05) is 13.1 Å². The molecule has 2 aromatic rings. The van der Waals surface area contributed by atoms with E-state index < -0.39 is 6.09 Å². The molecular formula is C16H23N5O2. The Balaban J connectivity index is 1.93. The first-order chi connectivity index (χ1) is 11.0. The molecule has 0 radical (unpaired) electrons. The Morgan fingerprint density at radius 3 is 3.00 bits per heavy atom. The summed E-state index contributed by atoms with van der Waals surface area (Å²) in [6, 6.07) is 3.96. The van der Waals surface area contributed by atoms with Gasteiger partial charge in [0.2, 0.25) is 5.95 Å². The predicted molar refractivity (Wildman–Crippen MR) is 90.9 cm³/mol. The molecule has 7 heteroatoms. The largest absolute Gasteiger partial charge is 0.465 e. The van der Waals surface area contributed by atoms with Crippen LogP contribution in [0.1, 0.15) is 25.3 Å². The number of aromatic nitrogens is 2. The Morgan fingerprint density at radius 2 is 2.30 bits per heavy atom. The van der Waals surface area contributed by atoms with Crippen molar-refractivity contribution in [1.82, 2.24) is 14.9 Å². The van der Waals surface area contributed by atoms with Gasteiger partial charge in [-0.15, -0.1) is 0 Å². The fourth-order valence-electron chi connectivity index (χ4n) is 3.33. The minimum Gasteiger partial charge on any atom is -0.465 e. The van der Waals surface area contributed by atoms with Gasteiger partial charge in [-0.05, 0) is 37.0 Å². The van der Waals surface area contributed by atoms with Gasteiger partial charge in [0.25, 0.3) is 0 Å². The van der Waals surface area contributed by atoms with Crippen molar-refractivity contribution in [3.8, 4) is 0 Å². The highest BCUT2D eigenvalue weighted by Gasteiger charge is 2.24. The molecule has 1 saturated heterocycles. The van der Waals surface area contributed by atoms with Crippen LogP contribution in [0.25, 0.3) is 11.0 Å². The van der Waals surface area contributed by atoms with Gasteiger partial charge in [-0.1, -0.05) is 6.92 Å². The van der Waals surface area contributed by atoms with Gasteiger partial charge in [0.05, 0.1) is 11.0 Å². The first-order valence-electron chi connectivity index (χ1n) is 7.98. The van der Waals surface area contributed by atoms with Gasteiger partial charge in [0, 0.05) is 31.9 Å². The number of anilines is 2. The topological polar surface area (TPSA) is 96.4 Å². The first-order valence-corrected chi connectivity index (χ1v) is 7.98. The number of hydrogen-bond donors (Lipinski definition) is 3. The minimum absolute atomic E-state index is 0.0580. The molecule has 1 unspecified atom stereocenters. The van der Waals surface area contributed by atoms with E-state index in [-0.39, 0.29) is 6.04 Å². The Hall–Kier alpha value is -2.44. The maximum Gasteiger partial charge on any atom is 0.404 e. The highest BCUT2D eigenvalue weighted by Crippen LogP contribution is 2.27. The number of hydrogen-bond acceptors (Lipinski definition) is 4. The maximum atomic E-state index is 10.9. The van der Waals surface area contributed by atoms with Gasteiger partial charge in [0.15, 0.2) is 0 Å². The Labute approximate surface area is 135 Å². The number of carboxylic acid groups (broad SMARTS) is 1. The number of nitrogens with one attached hydrogen (secondary N) is 1. The molecule has 1 aliphatic heterocycles. The summed E-state index contributed by atoms with van der Waals surface area (Å²) in [5, 5.41) is 11.5. The van der Waals surface area contributed by atoms with E-state index in [1.165, 1.54) is 0 Å². The van der Waals surface area contributed by atoms with Crippen LogP contribution in [0.3, 0.4) is 0 Å². The standard InChI is InChI=1S/C16H23N5O2/c1-3-10-7-14-13(8-12(10)17)19-15(20(14)2)21-6-4-5-11(9-21)18-16(22)23/h7-8,11,18H,3-6,9,17H2,1-2H3,(H,22,23). The molecule has 1 aliphatic rings. The molecule has 1 aromatic carbocycles. The van der Waals surface area contributed by atoms with Crippen molar-refractivity contribution in [3.63, 3.8) is 0 Å². The van der Waals surface area contributed by atoms with Crippen molar-refractivity contribution in [1.29, 1.82) is 0 Å². The molecule has 2 heterocycles. The zero-order chi connectivity index (χ0) is 16.6. The van der Waals surface area contributed by atoms with Gasteiger partial charge >= 0.3 is 6.09 Å². The summed E-state index contributed by atoms with van der Waals surface area (Å²) in [6.45, 7) is 3.60. The summed E-state index contributed by atoms with van der Waals surface area (Å²) in [5.41, 5.74) is 9.90. The third-order valence-electron chi connectivity index (χ3n) is 4.53. The van der Waals surface area contributed by atoms with Gasteiger partial charge in [0.1, 0.15) is 0 Å². The molecule has 0 spiro atoms. The maximum absolute atomic E-state index is 10.9. The van der Waals surface area contributed by atoms with Crippen molar-refractivity contribution in [2.45, 2.75) is 32.2 Å². The van der Waals surface area contributed by atoms with Crippen LogP contribution in [0.5, 0.6) is 0 Å². The fraction of sp³-hybridized carbons (Fsp3) is 0.500. The number of nitrogen functional groups attached to an aromatic ring is 1. The average Bonchev–Trinajstić information content (AvgIpc) is 2.82. The smallest absolute Gasteiger partial charge is 0.404 e. The highest BCUT2D eigenvalue weighted by molar-refractivity contribution is 5.83. The third kappa shape index (κ3) is 2.91. The normalized spacial score (nSPS) is 18.3. The molecule has 1 atom stereocenters. The minimum atomic E-state index is -0.970. The van der Waals surface area contributed by atoms with Crippen LogP contribution in [-0.4, -0.2) is 39.9 Å². The van der Waals surface area contributed by atoms with E-state index in [2.05, 4.69) is 27.8 Å². The third-order valence-corrected chi connectivity index (χ3v) is 4.53. The van der Waals surface area contributed by atoms with Crippen molar-refractivity contribution in [3.05, 3.63) is 17.7 Å². The van der Waals surface area contributed by atoms with Gasteiger partial charge in [-0.2, -0.15) is 0 Å². The van der Waals surface area contributed by atoms with Crippen LogP contribution < -0.4 is 16.0 Å². The van der Waals surface area contributed by atoms with E-state index in [1.54, 1.807) is 0 Å². The van der Waals surface area contributed by atoms with E-state index >= 15 is 0 Å². The lowest BCUT2D eigenvalue weighted by Gasteiger charge is -2.33. The zero-order valence-corrected chi connectivity index (χ0v) is 13.5.